The molecular weight excluding hydrogens is 228 g/mol. The molecule has 0 rings (SSSR count). The summed E-state index contributed by atoms with van der Waals surface area (Å²) >= 11 is 0. The third kappa shape index (κ3) is 5050. The molecule has 0 unspecified atom stereocenters. The first-order valence-corrected chi connectivity index (χ1v) is 1.08. The van der Waals surface area contributed by atoms with Gasteiger partial charge in [-0.15, -0.1) is 25.2 Å². The highest BCUT2D eigenvalue weighted by molar-refractivity contribution is 4.73. The predicted molar refractivity (Wildman–Crippen MR) is 125 cm³/mol. The molecule has 0 heteroatoms. The zero-order chi connectivity index (χ0) is 12.1. The fourth-order valence-corrected chi connectivity index (χ4v) is 0. The van der Waals surface area contributed by atoms with Gasteiger partial charge in [-0.3, -0.25) is 0 Å². The van der Waals surface area contributed by atoms with Crippen molar-refractivity contribution in [2.24, 2.45) is 0 Å². The van der Waals surface area contributed by atoms with E-state index >= 15 is 0 Å². The smallest absolute Gasteiger partial charge is 0.124 e. The quantitative estimate of drug-likeness (QED) is 0.390. The Morgan fingerprint density at radius 3 is 0.789 bits per heavy atom. The van der Waals surface area contributed by atoms with E-state index in [0.29, 0.717) is 0 Å². The van der Waals surface area contributed by atoms with Gasteiger partial charge in [-0.1, -0.05) is 104 Å². The van der Waals surface area contributed by atoms with Crippen LogP contribution in [-0.4, -0.2) is 0 Å². The summed E-state index contributed by atoms with van der Waals surface area (Å²) in [6.07, 6.45) is 10.4. The van der Waals surface area contributed by atoms with Crippen LogP contribution in [0, 0.1) is 25.2 Å². The van der Waals surface area contributed by atoms with Crippen LogP contribution in [0.4, 0.5) is 0 Å². The van der Waals surface area contributed by atoms with E-state index in [1.54, 1.807) is 6.92 Å². The van der Waals surface area contributed by atoms with Gasteiger partial charge >= 0.3 is 0 Å². The molecule has 0 fully saturated rings. The van der Waals surface area contributed by atoms with E-state index in [9.17, 15) is 0 Å². The van der Waals surface area contributed by atoms with Crippen LogP contribution in [0.5, 0.6) is 0 Å². The van der Waals surface area contributed by atoms with E-state index in [1.807, 2.05) is 0 Å². The molecule has 0 saturated heterocycles. The van der Waals surface area contributed by atoms with E-state index < -0.39 is 0 Å². The molecule has 0 aromatic carbocycles. The minimum atomic E-state index is -0.250. The molecule has 0 aromatic heterocycles. The third-order valence-electron chi connectivity index (χ3n) is 0. The molecule has 0 heterocycles. The van der Waals surface area contributed by atoms with Crippen molar-refractivity contribution in [3.63, 3.8) is 0 Å². The van der Waals surface area contributed by atoms with Crippen LogP contribution < -0.4 is 0 Å². The van der Waals surface area contributed by atoms with Gasteiger partial charge in [0.2, 0.25) is 0 Å². The molecule has 0 aromatic rings. The highest BCUT2D eigenvalue weighted by atomic mass is 13.2. The zero-order valence-electron chi connectivity index (χ0n) is 10.9. The van der Waals surface area contributed by atoms with Gasteiger partial charge in [0, 0.05) is 10.1 Å². The largest absolute Gasteiger partial charge is 0.124 e. The van der Waals surface area contributed by atoms with Crippen molar-refractivity contribution < 1.29 is 11.5 Å². The summed E-state index contributed by atoms with van der Waals surface area (Å²) in [5.74, 6) is 2.25. The Balaban J connectivity index is -0.00000000155. The summed E-state index contributed by atoms with van der Waals surface area (Å²) in [4.78, 5) is 0. The lowest BCUT2D eigenvalue weighted by Crippen LogP contribution is -1.10. The first-order valence-electron chi connectivity index (χ1n) is 4.99. The van der Waals surface area contributed by atoms with Crippen molar-refractivity contribution >= 4 is 0 Å². The Kier molecular flexibility index (Phi) is 1700000. The van der Waals surface area contributed by atoms with Crippen LogP contribution in [0.2, 0.25) is 0 Å². The van der Waals surface area contributed by atoms with Crippen molar-refractivity contribution in [2.45, 2.75) is 111 Å². The lowest BCUT2D eigenvalue weighted by Gasteiger charge is -1.23. The Labute approximate surface area is 148 Å². The van der Waals surface area contributed by atoms with Gasteiger partial charge in [0.15, 0.2) is 0 Å². The Morgan fingerprint density at radius 1 is 0.789 bits per heavy atom. The Morgan fingerprint density at radius 2 is 0.789 bits per heavy atom. The van der Waals surface area contributed by atoms with Crippen LogP contribution in [0.25, 0.3) is 0 Å². The average Bonchev–Trinajstić information content (AvgIpc) is 2.14. The van der Waals surface area contributed by atoms with Gasteiger partial charge in [0.25, 0.3) is 0 Å². The van der Waals surface area contributed by atoms with Crippen LogP contribution in [0.3, 0.4) is 0 Å². The number of terminal acetylenes is 2. The molecule has 0 spiro atoms. The molecule has 0 aliphatic heterocycles. The standard InChI is InChI=1S/C3H4.C2H2.14CH4.3H2/c1-3-2;1-2;;;;;;;;;;;;;;;;;/h1H,2H3;1-2H;14*1H4;3*1H/i;1T;1T2;;;;;;;;;;;;;;2*1+2T;1+2. The van der Waals surface area contributed by atoms with Crippen molar-refractivity contribution in [2.75, 3.05) is 0 Å². The molecule has 0 saturated carbocycles. The van der Waals surface area contributed by atoms with Crippen molar-refractivity contribution in [3.8, 4) is 25.2 Å². The maximum absolute atomic E-state index is 5.88. The fraction of sp³-hybridized carbons (Fsp3) is 0.789. The van der Waals surface area contributed by atoms with Gasteiger partial charge in [0.1, 0.15) is 1.37 Å². The Bertz CT molecular complexity index is 88.9. The second-order valence-electron chi connectivity index (χ2n) is 0.289. The topological polar surface area (TPSA) is 0 Å². The summed E-state index contributed by atoms with van der Waals surface area (Å²) in [6.45, 7) is 1.65. The SMILES string of the molecule is C.C.C.C.C.C.C.C.C.C.C.C.C.C#CC.[3HH].[3H]C#C.[3H]C[3H].[3H][3H].[3H][3H]. The van der Waals surface area contributed by atoms with Crippen molar-refractivity contribution in [1.82, 2.24) is 0 Å². The zero-order valence-corrected chi connectivity index (χ0v) is 3.86. The predicted octanol–water partition coefficient (Wildman–Crippen LogP) is 10.5. The summed E-state index contributed by atoms with van der Waals surface area (Å²) in [5.41, 5.74) is 0. The van der Waals surface area contributed by atoms with Crippen LogP contribution in [-0.2, 0) is 0 Å². The van der Waals surface area contributed by atoms with E-state index in [0.717, 1.165) is 0 Å². The lowest BCUT2D eigenvalue weighted by atomic mass is 10.9. The van der Waals surface area contributed by atoms with Crippen molar-refractivity contribution in [1.29, 1.82) is 0 Å². The minimum absolute atomic E-state index is 0. The maximum Gasteiger partial charge on any atom is 0.124 e. The normalized spacial score (nSPS) is 2.79. The second-order valence-corrected chi connectivity index (χ2v) is 0.289. The number of hydrogen-bond acceptors (Lipinski definition) is 0. The highest BCUT2D eigenvalue weighted by Crippen LogP contribution is 1.21. The maximum atomic E-state index is 5.88. The molecule has 0 amide bonds. The highest BCUT2D eigenvalue weighted by Gasteiger charge is 1.09. The molecule has 19 heavy (non-hydrogen) atoms. The molecule has 0 aliphatic rings. The third-order valence-corrected chi connectivity index (χ3v) is 0. The first kappa shape index (κ1) is 105. The van der Waals surface area contributed by atoms with Crippen LogP contribution in [0.15, 0.2) is 0 Å². The molecule has 0 radical (unpaired) electrons. The van der Waals surface area contributed by atoms with Gasteiger partial charge < -0.3 is 0 Å². The van der Waals surface area contributed by atoms with Gasteiger partial charge in [-0.2, -0.15) is 0 Å². The van der Waals surface area contributed by atoms with Crippen LogP contribution >= 0.6 is 0 Å². The molecule has 0 atom stereocenters. The second kappa shape index (κ2) is 309000. The monoisotopic (exact) mass is 313 g/mol. The molecular formula is C19H68. The summed E-state index contributed by atoms with van der Waals surface area (Å²) < 4.78 is 37.5. The van der Waals surface area contributed by atoms with Gasteiger partial charge in [-0.25, -0.2) is 0 Å². The van der Waals surface area contributed by atoms with E-state index in [4.69, 9.17) is 10.1 Å². The fourth-order valence-electron chi connectivity index (χ4n) is 0. The molecule has 0 nitrogen and oxygen atoms in total. The average molecular weight is 313 g/mol. The van der Waals surface area contributed by atoms with E-state index in [2.05, 4.69) is 18.8 Å². The molecule has 144 valence electrons. The summed E-state index contributed by atoms with van der Waals surface area (Å²) in [7, 11) is -0.250. The van der Waals surface area contributed by atoms with Crippen LogP contribution in [0.1, 0.15) is 122 Å². The van der Waals surface area contributed by atoms with E-state index in [-0.39, 0.29) is 105 Å². The molecule has 0 N–H and O–H groups in total. The Hall–Kier alpha value is -0.880. The van der Waals surface area contributed by atoms with E-state index in [1.165, 1.54) is 6.40 Å². The van der Waals surface area contributed by atoms with Gasteiger partial charge in [0.05, 0.1) is 0 Å². The molecule has 0 bridgehead atoms. The lowest BCUT2D eigenvalue weighted by molar-refractivity contribution is 1.94. The number of hydrogen-bond donors (Lipinski definition) is 0. The summed E-state index contributed by atoms with van der Waals surface area (Å²) in [5, 5.41) is 0. The summed E-state index contributed by atoms with van der Waals surface area (Å²) in [6, 6.07) is 0. The van der Waals surface area contributed by atoms with Gasteiger partial charge in [-0.05, 0) is 6.92 Å². The molecule has 0 aliphatic carbocycles. The van der Waals surface area contributed by atoms with Crippen molar-refractivity contribution in [3.05, 3.63) is 0 Å². The minimum Gasteiger partial charge on any atom is -0.124 e. The number of rotatable bonds is 0. The first-order chi connectivity index (χ1) is 6.24.